The van der Waals surface area contributed by atoms with E-state index in [2.05, 4.69) is 31.6 Å². The van der Waals surface area contributed by atoms with Crippen molar-refractivity contribution >= 4 is 11.7 Å². The van der Waals surface area contributed by atoms with E-state index < -0.39 is 0 Å². The first-order valence-electron chi connectivity index (χ1n) is 10.7. The first kappa shape index (κ1) is 19.7. The van der Waals surface area contributed by atoms with Crippen LogP contribution in [0.2, 0.25) is 0 Å². The number of nitrogens with zero attached hydrogens (tertiary/aromatic N) is 5. The van der Waals surface area contributed by atoms with E-state index in [1.165, 1.54) is 5.56 Å². The lowest BCUT2D eigenvalue weighted by atomic mass is 10.0. The van der Waals surface area contributed by atoms with E-state index in [1.54, 1.807) is 17.1 Å². The molecule has 0 aromatic carbocycles. The number of pyridine rings is 1. The van der Waals surface area contributed by atoms with Gasteiger partial charge in [-0.05, 0) is 43.9 Å². The molecule has 1 amide bonds. The lowest BCUT2D eigenvalue weighted by Crippen LogP contribution is -2.48. The van der Waals surface area contributed by atoms with Crippen LogP contribution in [0.1, 0.15) is 51.0 Å². The zero-order valence-corrected chi connectivity index (χ0v) is 17.8. The van der Waals surface area contributed by atoms with Crippen molar-refractivity contribution in [2.24, 2.45) is 5.92 Å². The van der Waals surface area contributed by atoms with Crippen LogP contribution in [0.4, 0.5) is 5.82 Å². The molecule has 4 heterocycles. The fourth-order valence-corrected chi connectivity index (χ4v) is 4.42. The number of nitrogens with one attached hydrogen (secondary N) is 2. The maximum absolute atomic E-state index is 12.7. The molecule has 0 radical (unpaired) electrons. The number of anilines is 1. The minimum Gasteiger partial charge on any atom is -0.396 e. The van der Waals surface area contributed by atoms with Crippen molar-refractivity contribution in [2.75, 3.05) is 24.6 Å². The molecule has 1 aliphatic heterocycles. The van der Waals surface area contributed by atoms with Crippen LogP contribution >= 0.6 is 0 Å². The molecular formula is C22H27N7O2. The van der Waals surface area contributed by atoms with Gasteiger partial charge in [0.05, 0.1) is 30.0 Å². The summed E-state index contributed by atoms with van der Waals surface area (Å²) in [6.45, 7) is 6.48. The lowest BCUT2D eigenvalue weighted by Gasteiger charge is -2.39. The van der Waals surface area contributed by atoms with Gasteiger partial charge in [-0.1, -0.05) is 6.07 Å². The van der Waals surface area contributed by atoms with Gasteiger partial charge >= 0.3 is 0 Å². The molecule has 3 N–H and O–H groups in total. The van der Waals surface area contributed by atoms with E-state index in [-0.39, 0.29) is 18.6 Å². The number of aromatic nitrogens is 5. The minimum atomic E-state index is -0.133. The summed E-state index contributed by atoms with van der Waals surface area (Å²) in [4.78, 5) is 19.6. The normalized spacial score (nSPS) is 18.2. The number of aryl methyl sites for hydroxylation is 2. The van der Waals surface area contributed by atoms with Gasteiger partial charge in [0.1, 0.15) is 5.82 Å². The molecule has 3 aromatic rings. The number of hydrogen-bond donors (Lipinski definition) is 3. The van der Waals surface area contributed by atoms with Gasteiger partial charge in [-0.15, -0.1) is 0 Å². The first-order chi connectivity index (χ1) is 15.0. The molecule has 0 spiro atoms. The summed E-state index contributed by atoms with van der Waals surface area (Å²) in [5.41, 5.74) is 5.80. The predicted molar refractivity (Wildman–Crippen MR) is 115 cm³/mol. The van der Waals surface area contributed by atoms with Gasteiger partial charge in [0.25, 0.3) is 5.91 Å². The molecule has 1 aliphatic carbocycles. The van der Waals surface area contributed by atoms with Crippen LogP contribution in [0.3, 0.4) is 0 Å². The third-order valence-electron chi connectivity index (χ3n) is 6.37. The number of aromatic amines is 1. The molecule has 5 rings (SSSR count). The van der Waals surface area contributed by atoms with E-state index in [1.807, 2.05) is 19.9 Å². The van der Waals surface area contributed by atoms with Crippen LogP contribution in [0.15, 0.2) is 24.5 Å². The fourth-order valence-electron chi connectivity index (χ4n) is 4.42. The SMILES string of the molecule is Cc1nc(N2CC(CO)C2)ccc1Cn1cc(C(=O)N[C@@H]2CCc3c2n[nH]c3C)cn1. The molecule has 3 aromatic heterocycles. The molecule has 9 heteroatoms. The van der Waals surface area contributed by atoms with Crippen LogP contribution in [-0.2, 0) is 13.0 Å². The topological polar surface area (TPSA) is 112 Å². The first-order valence-corrected chi connectivity index (χ1v) is 10.7. The highest BCUT2D eigenvalue weighted by Crippen LogP contribution is 2.31. The number of carbonyl (C=O) groups is 1. The van der Waals surface area contributed by atoms with Crippen molar-refractivity contribution in [1.82, 2.24) is 30.3 Å². The molecule has 31 heavy (non-hydrogen) atoms. The number of amides is 1. The maximum atomic E-state index is 12.7. The summed E-state index contributed by atoms with van der Waals surface area (Å²) in [7, 11) is 0. The van der Waals surface area contributed by atoms with Crippen molar-refractivity contribution < 1.29 is 9.90 Å². The lowest BCUT2D eigenvalue weighted by molar-refractivity contribution is 0.0936. The Balaban J connectivity index is 1.22. The second kappa shape index (κ2) is 7.81. The van der Waals surface area contributed by atoms with Gasteiger partial charge < -0.3 is 15.3 Å². The second-order valence-electron chi connectivity index (χ2n) is 8.57. The summed E-state index contributed by atoms with van der Waals surface area (Å²) < 4.78 is 1.77. The highest BCUT2D eigenvalue weighted by Gasteiger charge is 2.29. The zero-order valence-electron chi connectivity index (χ0n) is 17.8. The number of rotatable bonds is 6. The molecule has 1 fully saturated rings. The summed E-state index contributed by atoms with van der Waals surface area (Å²) in [6.07, 6.45) is 5.19. The predicted octanol–water partition coefficient (Wildman–Crippen LogP) is 1.51. The van der Waals surface area contributed by atoms with Crippen LogP contribution in [0, 0.1) is 19.8 Å². The highest BCUT2D eigenvalue weighted by molar-refractivity contribution is 5.94. The Hall–Kier alpha value is -3.20. The van der Waals surface area contributed by atoms with E-state index in [9.17, 15) is 9.90 Å². The third-order valence-corrected chi connectivity index (χ3v) is 6.37. The van der Waals surface area contributed by atoms with Crippen molar-refractivity contribution in [1.29, 1.82) is 0 Å². The van der Waals surface area contributed by atoms with Crippen LogP contribution in [0.25, 0.3) is 0 Å². The zero-order chi connectivity index (χ0) is 21.5. The molecule has 9 nitrogen and oxygen atoms in total. The number of H-pyrrole nitrogens is 1. The quantitative estimate of drug-likeness (QED) is 0.556. The molecule has 1 atom stereocenters. The van der Waals surface area contributed by atoms with Crippen molar-refractivity contribution in [3.8, 4) is 0 Å². The number of aliphatic hydroxyl groups excluding tert-OH is 1. The maximum Gasteiger partial charge on any atom is 0.255 e. The Morgan fingerprint density at radius 2 is 2.16 bits per heavy atom. The van der Waals surface area contributed by atoms with Gasteiger partial charge in [0.15, 0.2) is 0 Å². The second-order valence-corrected chi connectivity index (χ2v) is 8.57. The van der Waals surface area contributed by atoms with Gasteiger partial charge in [-0.2, -0.15) is 10.2 Å². The summed E-state index contributed by atoms with van der Waals surface area (Å²) in [5.74, 6) is 1.16. The van der Waals surface area contributed by atoms with Gasteiger partial charge in [-0.25, -0.2) is 4.98 Å². The molecule has 0 unspecified atom stereocenters. The fraction of sp³-hybridized carbons (Fsp3) is 0.455. The van der Waals surface area contributed by atoms with Gasteiger partial charge in [0, 0.05) is 43.2 Å². The van der Waals surface area contributed by atoms with Crippen molar-refractivity contribution in [3.63, 3.8) is 0 Å². The number of aliphatic hydroxyl groups is 1. The Kier molecular flexibility index (Phi) is 4.97. The smallest absolute Gasteiger partial charge is 0.255 e. The number of carbonyl (C=O) groups excluding carboxylic acids is 1. The molecule has 2 aliphatic rings. The standard InChI is InChI=1S/C22H27N7O2/c1-13-16(3-6-20(24-13)28-8-15(9-28)12-30)10-29-11-17(7-23-29)22(31)25-19-5-4-18-14(2)26-27-21(18)19/h3,6-7,11,15,19,30H,4-5,8-10,12H2,1-2H3,(H,25,31)(H,26,27)/t19-/m1/s1. The Morgan fingerprint density at radius 3 is 2.94 bits per heavy atom. The average molecular weight is 422 g/mol. The Bertz CT molecular complexity index is 1110. The molecule has 162 valence electrons. The Labute approximate surface area is 180 Å². The Morgan fingerprint density at radius 1 is 1.32 bits per heavy atom. The average Bonchev–Trinajstić information content (AvgIpc) is 3.43. The minimum absolute atomic E-state index is 0.0540. The number of hydrogen-bond acceptors (Lipinski definition) is 6. The van der Waals surface area contributed by atoms with Crippen LogP contribution in [-0.4, -0.2) is 55.7 Å². The number of fused-ring (bicyclic) bond motifs is 1. The van der Waals surface area contributed by atoms with Crippen LogP contribution in [0.5, 0.6) is 0 Å². The van der Waals surface area contributed by atoms with E-state index >= 15 is 0 Å². The monoisotopic (exact) mass is 421 g/mol. The summed E-state index contributed by atoms with van der Waals surface area (Å²) >= 11 is 0. The molecule has 1 saturated heterocycles. The van der Waals surface area contributed by atoms with Gasteiger partial charge in [-0.3, -0.25) is 14.6 Å². The van der Waals surface area contributed by atoms with E-state index in [0.717, 1.165) is 54.4 Å². The molecular weight excluding hydrogens is 394 g/mol. The van der Waals surface area contributed by atoms with Crippen molar-refractivity contribution in [3.05, 3.63) is 58.3 Å². The van der Waals surface area contributed by atoms with Crippen LogP contribution < -0.4 is 10.2 Å². The van der Waals surface area contributed by atoms with E-state index in [0.29, 0.717) is 18.0 Å². The van der Waals surface area contributed by atoms with Gasteiger partial charge in [0.2, 0.25) is 0 Å². The summed E-state index contributed by atoms with van der Waals surface area (Å²) in [5, 5.41) is 24.0. The summed E-state index contributed by atoms with van der Waals surface area (Å²) in [6, 6.07) is 4.02. The molecule has 0 bridgehead atoms. The molecule has 0 saturated carbocycles. The third kappa shape index (κ3) is 3.69. The largest absolute Gasteiger partial charge is 0.396 e. The van der Waals surface area contributed by atoms with E-state index in [4.69, 9.17) is 4.98 Å². The highest BCUT2D eigenvalue weighted by atomic mass is 16.3. The van der Waals surface area contributed by atoms with Crippen molar-refractivity contribution in [2.45, 2.75) is 39.3 Å².